The molecule has 0 aliphatic rings. The second-order valence-corrected chi connectivity index (χ2v) is 6.92. The first-order valence-electron chi connectivity index (χ1n) is 9.40. The number of aliphatic hydroxyl groups excluding tert-OH is 1. The first-order valence-corrected chi connectivity index (χ1v) is 9.40. The molecule has 0 aliphatic heterocycles. The van der Waals surface area contributed by atoms with Crippen LogP contribution in [-0.4, -0.2) is 33.2 Å². The van der Waals surface area contributed by atoms with Crippen molar-refractivity contribution in [2.24, 2.45) is 0 Å². The maximum Gasteiger partial charge on any atom is 0.323 e. The SMILES string of the molecule is O=C(O)C(C(O)Cc1ccccc1)N(Cc1ccccc1)Cc1ccccc1. The molecular formula is C24H25NO3. The summed E-state index contributed by atoms with van der Waals surface area (Å²) in [6.45, 7) is 0.886. The van der Waals surface area contributed by atoms with Crippen molar-refractivity contribution in [1.29, 1.82) is 0 Å². The summed E-state index contributed by atoms with van der Waals surface area (Å²) in [7, 11) is 0. The number of benzene rings is 3. The summed E-state index contributed by atoms with van der Waals surface area (Å²) in [6.07, 6.45) is -0.731. The highest BCUT2D eigenvalue weighted by Gasteiger charge is 2.33. The van der Waals surface area contributed by atoms with Crippen molar-refractivity contribution < 1.29 is 15.0 Å². The highest BCUT2D eigenvalue weighted by atomic mass is 16.4. The third-order valence-corrected chi connectivity index (χ3v) is 4.76. The van der Waals surface area contributed by atoms with Gasteiger partial charge in [0.25, 0.3) is 0 Å². The van der Waals surface area contributed by atoms with Gasteiger partial charge in [-0.05, 0) is 16.7 Å². The zero-order valence-electron chi connectivity index (χ0n) is 15.7. The van der Waals surface area contributed by atoms with Gasteiger partial charge in [-0.2, -0.15) is 0 Å². The van der Waals surface area contributed by atoms with Crippen LogP contribution < -0.4 is 0 Å². The molecule has 0 aliphatic carbocycles. The predicted octanol–water partition coefficient (Wildman–Crippen LogP) is 3.75. The van der Waals surface area contributed by atoms with E-state index in [9.17, 15) is 15.0 Å². The van der Waals surface area contributed by atoms with Gasteiger partial charge in [-0.3, -0.25) is 9.69 Å². The van der Waals surface area contributed by atoms with Gasteiger partial charge in [0.15, 0.2) is 0 Å². The molecule has 0 radical (unpaired) electrons. The van der Waals surface area contributed by atoms with Crippen LogP contribution in [0, 0.1) is 0 Å². The third kappa shape index (κ3) is 5.52. The van der Waals surface area contributed by atoms with Gasteiger partial charge in [-0.25, -0.2) is 0 Å². The van der Waals surface area contributed by atoms with Gasteiger partial charge in [-0.15, -0.1) is 0 Å². The van der Waals surface area contributed by atoms with Crippen LogP contribution in [0.3, 0.4) is 0 Å². The smallest absolute Gasteiger partial charge is 0.323 e. The summed E-state index contributed by atoms with van der Waals surface area (Å²) in [5.74, 6) is -1.02. The van der Waals surface area contributed by atoms with Gasteiger partial charge in [0.2, 0.25) is 0 Å². The van der Waals surface area contributed by atoms with Gasteiger partial charge < -0.3 is 10.2 Å². The highest BCUT2D eigenvalue weighted by molar-refractivity contribution is 5.74. The van der Waals surface area contributed by atoms with Gasteiger partial charge in [0.05, 0.1) is 6.10 Å². The molecule has 3 rings (SSSR count). The monoisotopic (exact) mass is 375 g/mol. The summed E-state index contributed by atoms with van der Waals surface area (Å²) in [5.41, 5.74) is 2.94. The van der Waals surface area contributed by atoms with E-state index < -0.39 is 18.1 Å². The topological polar surface area (TPSA) is 60.8 Å². The molecule has 0 amide bonds. The Balaban J connectivity index is 1.86. The Labute approximate surface area is 165 Å². The Morgan fingerprint density at radius 2 is 1.11 bits per heavy atom. The largest absolute Gasteiger partial charge is 0.480 e. The molecule has 144 valence electrons. The van der Waals surface area contributed by atoms with Crippen LogP contribution in [0.15, 0.2) is 91.0 Å². The minimum Gasteiger partial charge on any atom is -0.480 e. The molecular weight excluding hydrogens is 350 g/mol. The normalized spacial score (nSPS) is 13.2. The highest BCUT2D eigenvalue weighted by Crippen LogP contribution is 2.18. The maximum atomic E-state index is 12.2. The summed E-state index contributed by atoms with van der Waals surface area (Å²) >= 11 is 0. The van der Waals surface area contributed by atoms with Crippen LogP contribution >= 0.6 is 0 Å². The van der Waals surface area contributed by atoms with Crippen molar-refractivity contribution in [3.63, 3.8) is 0 Å². The van der Waals surface area contributed by atoms with E-state index in [1.165, 1.54) is 0 Å². The predicted molar refractivity (Wildman–Crippen MR) is 110 cm³/mol. The Hall–Kier alpha value is -2.95. The lowest BCUT2D eigenvalue weighted by Gasteiger charge is -2.32. The van der Waals surface area contributed by atoms with Crippen LogP contribution in [0.1, 0.15) is 16.7 Å². The lowest BCUT2D eigenvalue weighted by molar-refractivity contribution is -0.148. The zero-order chi connectivity index (χ0) is 19.8. The number of hydrogen-bond acceptors (Lipinski definition) is 3. The molecule has 4 heteroatoms. The van der Waals surface area contributed by atoms with E-state index in [-0.39, 0.29) is 6.42 Å². The maximum absolute atomic E-state index is 12.2. The number of rotatable bonds is 9. The molecule has 2 unspecified atom stereocenters. The van der Waals surface area contributed by atoms with Crippen molar-refractivity contribution in [3.8, 4) is 0 Å². The van der Waals surface area contributed by atoms with Crippen LogP contribution in [-0.2, 0) is 24.3 Å². The summed E-state index contributed by atoms with van der Waals surface area (Å²) in [4.78, 5) is 14.0. The molecule has 2 atom stereocenters. The molecule has 0 saturated carbocycles. The van der Waals surface area contributed by atoms with E-state index in [1.807, 2.05) is 95.9 Å². The van der Waals surface area contributed by atoms with E-state index >= 15 is 0 Å². The van der Waals surface area contributed by atoms with Crippen molar-refractivity contribution in [2.45, 2.75) is 31.7 Å². The molecule has 4 nitrogen and oxygen atoms in total. The minimum atomic E-state index is -1.02. The summed E-state index contributed by atoms with van der Waals surface area (Å²) in [5, 5.41) is 20.8. The standard InChI is InChI=1S/C24H25NO3/c26-22(16-19-10-4-1-5-11-19)23(24(27)28)25(17-20-12-6-2-7-13-20)18-21-14-8-3-9-15-21/h1-15,22-23,26H,16-18H2,(H,27,28). The van der Waals surface area contributed by atoms with E-state index in [1.54, 1.807) is 0 Å². The van der Waals surface area contributed by atoms with Crippen LogP contribution in [0.25, 0.3) is 0 Å². The van der Waals surface area contributed by atoms with E-state index in [2.05, 4.69) is 0 Å². The number of carbonyl (C=O) groups is 1. The summed E-state index contributed by atoms with van der Waals surface area (Å²) in [6, 6.07) is 28.0. The van der Waals surface area contributed by atoms with Crippen molar-refractivity contribution in [1.82, 2.24) is 4.90 Å². The second kappa shape index (κ2) is 9.83. The first-order chi connectivity index (χ1) is 13.6. The van der Waals surface area contributed by atoms with E-state index in [4.69, 9.17) is 0 Å². The molecule has 2 N–H and O–H groups in total. The first kappa shape index (κ1) is 19.8. The Bertz CT molecular complexity index is 811. The Morgan fingerprint density at radius 1 is 0.714 bits per heavy atom. The van der Waals surface area contributed by atoms with Crippen molar-refractivity contribution >= 4 is 5.97 Å². The van der Waals surface area contributed by atoms with Gasteiger partial charge in [0, 0.05) is 19.5 Å². The average molecular weight is 375 g/mol. The molecule has 0 heterocycles. The summed E-state index contributed by atoms with van der Waals surface area (Å²) < 4.78 is 0. The molecule has 3 aromatic rings. The zero-order valence-corrected chi connectivity index (χ0v) is 15.7. The fourth-order valence-corrected chi connectivity index (χ4v) is 3.42. The molecule has 3 aromatic carbocycles. The molecule has 0 bridgehead atoms. The molecule has 0 aromatic heterocycles. The lowest BCUT2D eigenvalue weighted by atomic mass is 9.99. The fourth-order valence-electron chi connectivity index (χ4n) is 3.42. The quantitative estimate of drug-likeness (QED) is 0.598. The van der Waals surface area contributed by atoms with Gasteiger partial charge >= 0.3 is 5.97 Å². The third-order valence-electron chi connectivity index (χ3n) is 4.76. The van der Waals surface area contributed by atoms with Gasteiger partial charge in [0.1, 0.15) is 6.04 Å². The molecule has 0 saturated heterocycles. The van der Waals surface area contributed by atoms with Crippen LogP contribution in [0.5, 0.6) is 0 Å². The van der Waals surface area contributed by atoms with Crippen molar-refractivity contribution in [3.05, 3.63) is 108 Å². The number of aliphatic hydroxyl groups is 1. The second-order valence-electron chi connectivity index (χ2n) is 6.92. The number of aliphatic carboxylic acids is 1. The molecule has 0 spiro atoms. The van der Waals surface area contributed by atoms with Crippen LogP contribution in [0.2, 0.25) is 0 Å². The van der Waals surface area contributed by atoms with Gasteiger partial charge in [-0.1, -0.05) is 91.0 Å². The van der Waals surface area contributed by atoms with E-state index in [0.717, 1.165) is 16.7 Å². The van der Waals surface area contributed by atoms with Crippen molar-refractivity contribution in [2.75, 3.05) is 0 Å². The fraction of sp³-hybridized carbons (Fsp3) is 0.208. The number of nitrogens with zero attached hydrogens (tertiary/aromatic N) is 1. The Kier molecular flexibility index (Phi) is 6.95. The number of carboxylic acid groups (broad SMARTS) is 1. The minimum absolute atomic E-state index is 0.290. The number of carboxylic acids is 1. The van der Waals surface area contributed by atoms with Crippen LogP contribution in [0.4, 0.5) is 0 Å². The van der Waals surface area contributed by atoms with E-state index in [0.29, 0.717) is 13.1 Å². The number of hydrogen-bond donors (Lipinski definition) is 2. The Morgan fingerprint density at radius 3 is 1.50 bits per heavy atom. The lowest BCUT2D eigenvalue weighted by Crippen LogP contribution is -2.49. The average Bonchev–Trinajstić information content (AvgIpc) is 2.70. The molecule has 28 heavy (non-hydrogen) atoms. The molecule has 0 fully saturated rings.